The van der Waals surface area contributed by atoms with Crippen LogP contribution in [0, 0.1) is 13.8 Å². The highest BCUT2D eigenvalue weighted by Gasteiger charge is 2.21. The second kappa shape index (κ2) is 6.15. The lowest BCUT2D eigenvalue weighted by molar-refractivity contribution is -0.133. The summed E-state index contributed by atoms with van der Waals surface area (Å²) in [5.74, 6) is 0.0848. The van der Waals surface area contributed by atoms with Crippen molar-refractivity contribution in [2.24, 2.45) is 0 Å². The summed E-state index contributed by atoms with van der Waals surface area (Å²) in [5.41, 5.74) is 8.09. The summed E-state index contributed by atoms with van der Waals surface area (Å²) in [4.78, 5) is 27.4. The van der Waals surface area contributed by atoms with Crippen LogP contribution in [0.5, 0.6) is 0 Å². The van der Waals surface area contributed by atoms with Crippen molar-refractivity contribution in [3.8, 4) is 0 Å². The molecule has 2 N–H and O–H groups in total. The molecule has 1 aliphatic heterocycles. The highest BCUT2D eigenvalue weighted by molar-refractivity contribution is 5.77. The molecule has 0 radical (unpaired) electrons. The third-order valence-electron chi connectivity index (χ3n) is 4.02. The molecule has 1 aromatic rings. The van der Waals surface area contributed by atoms with Crippen molar-refractivity contribution in [1.82, 2.24) is 19.6 Å². The van der Waals surface area contributed by atoms with Crippen LogP contribution in [0.1, 0.15) is 24.7 Å². The Bertz CT molecular complexity index is 552. The summed E-state index contributed by atoms with van der Waals surface area (Å²) in [5, 5.41) is 4.29. The zero-order chi connectivity index (χ0) is 15.6. The lowest BCUT2D eigenvalue weighted by Gasteiger charge is -2.21. The lowest BCUT2D eigenvalue weighted by Crippen LogP contribution is -2.38. The largest absolute Gasteiger partial charge is 0.396 e. The average Bonchev–Trinajstić information content (AvgIpc) is 2.66. The molecule has 0 saturated carbocycles. The van der Waals surface area contributed by atoms with Gasteiger partial charge in [0.15, 0.2) is 0 Å². The second-order valence-electron chi connectivity index (χ2n) is 5.48. The Labute approximate surface area is 124 Å². The molecular formula is C14H23N5O2. The average molecular weight is 293 g/mol. The molecule has 0 spiro atoms. The first-order valence-electron chi connectivity index (χ1n) is 7.23. The number of aromatic nitrogens is 2. The van der Waals surface area contributed by atoms with Crippen LogP contribution >= 0.6 is 0 Å². The summed E-state index contributed by atoms with van der Waals surface area (Å²) in [6.07, 6.45) is 0.810. The molecule has 2 heterocycles. The molecule has 1 saturated heterocycles. The lowest BCUT2D eigenvalue weighted by atomic mass is 10.3. The number of anilines is 1. The summed E-state index contributed by atoms with van der Waals surface area (Å²) in [7, 11) is 0. The highest BCUT2D eigenvalue weighted by Crippen LogP contribution is 2.15. The quantitative estimate of drug-likeness (QED) is 0.842. The van der Waals surface area contributed by atoms with Gasteiger partial charge in [0.25, 0.3) is 0 Å². The maximum Gasteiger partial charge on any atom is 0.244 e. The van der Waals surface area contributed by atoms with Gasteiger partial charge in [-0.2, -0.15) is 5.10 Å². The van der Waals surface area contributed by atoms with E-state index in [1.165, 1.54) is 0 Å². The number of nitrogens with zero attached hydrogens (tertiary/aromatic N) is 4. The molecule has 0 aliphatic carbocycles. The fourth-order valence-electron chi connectivity index (χ4n) is 2.57. The van der Waals surface area contributed by atoms with Crippen molar-refractivity contribution < 1.29 is 9.59 Å². The van der Waals surface area contributed by atoms with Gasteiger partial charge in [-0.05, 0) is 20.3 Å². The number of hydrogen-bond acceptors (Lipinski definition) is 4. The van der Waals surface area contributed by atoms with Gasteiger partial charge in [-0.15, -0.1) is 0 Å². The minimum atomic E-state index is 0.0194. The van der Waals surface area contributed by atoms with E-state index >= 15 is 0 Å². The van der Waals surface area contributed by atoms with Gasteiger partial charge in [0, 0.05) is 33.1 Å². The van der Waals surface area contributed by atoms with E-state index < -0.39 is 0 Å². The molecular weight excluding hydrogens is 270 g/mol. The van der Waals surface area contributed by atoms with E-state index in [0.717, 1.165) is 17.8 Å². The topological polar surface area (TPSA) is 84.5 Å². The van der Waals surface area contributed by atoms with Crippen LogP contribution in [-0.4, -0.2) is 57.6 Å². The van der Waals surface area contributed by atoms with Gasteiger partial charge >= 0.3 is 0 Å². The monoisotopic (exact) mass is 293 g/mol. The first-order valence-corrected chi connectivity index (χ1v) is 7.23. The van der Waals surface area contributed by atoms with Crippen molar-refractivity contribution in [3.05, 3.63) is 11.4 Å². The van der Waals surface area contributed by atoms with Gasteiger partial charge in [-0.1, -0.05) is 0 Å². The maximum absolute atomic E-state index is 12.4. The first-order chi connectivity index (χ1) is 9.90. The van der Waals surface area contributed by atoms with Gasteiger partial charge in [-0.25, -0.2) is 0 Å². The number of rotatable bonds is 2. The number of carbonyl (C=O) groups excluding carboxylic acids is 2. The fraction of sp³-hybridized carbons (Fsp3) is 0.643. The molecule has 21 heavy (non-hydrogen) atoms. The maximum atomic E-state index is 12.4. The number of hydrogen-bond donors (Lipinski definition) is 1. The van der Waals surface area contributed by atoms with E-state index in [9.17, 15) is 9.59 Å². The van der Waals surface area contributed by atoms with Crippen LogP contribution in [0.25, 0.3) is 0 Å². The predicted molar refractivity (Wildman–Crippen MR) is 79.6 cm³/mol. The SMILES string of the molecule is CC(=O)N1CCCN(C(=O)Cn2nc(C)c(N)c2C)CC1. The number of nitrogen functional groups attached to an aromatic ring is 1. The van der Waals surface area contributed by atoms with Crippen molar-refractivity contribution >= 4 is 17.5 Å². The van der Waals surface area contributed by atoms with E-state index in [1.807, 2.05) is 13.8 Å². The van der Waals surface area contributed by atoms with Crippen molar-refractivity contribution in [2.75, 3.05) is 31.9 Å². The molecule has 2 rings (SSSR count). The third-order valence-corrected chi connectivity index (χ3v) is 4.02. The molecule has 1 aromatic heterocycles. The van der Waals surface area contributed by atoms with Crippen molar-refractivity contribution in [3.63, 3.8) is 0 Å². The Morgan fingerprint density at radius 3 is 2.33 bits per heavy atom. The summed E-state index contributed by atoms with van der Waals surface area (Å²) in [6.45, 7) is 8.03. The van der Waals surface area contributed by atoms with Crippen molar-refractivity contribution in [1.29, 1.82) is 0 Å². The Morgan fingerprint density at radius 1 is 1.14 bits per heavy atom. The molecule has 0 bridgehead atoms. The van der Waals surface area contributed by atoms with Crippen LogP contribution in [-0.2, 0) is 16.1 Å². The first kappa shape index (κ1) is 15.3. The molecule has 0 atom stereocenters. The summed E-state index contributed by atoms with van der Waals surface area (Å²) in [6, 6.07) is 0. The number of carbonyl (C=O) groups is 2. The van der Waals surface area contributed by atoms with Crippen LogP contribution in [0.15, 0.2) is 0 Å². The van der Waals surface area contributed by atoms with Crippen LogP contribution in [0.4, 0.5) is 5.69 Å². The van der Waals surface area contributed by atoms with E-state index in [4.69, 9.17) is 5.73 Å². The zero-order valence-corrected chi connectivity index (χ0v) is 12.9. The molecule has 0 aromatic carbocycles. The van der Waals surface area contributed by atoms with Gasteiger partial charge in [0.2, 0.25) is 11.8 Å². The van der Waals surface area contributed by atoms with Crippen molar-refractivity contribution in [2.45, 2.75) is 33.7 Å². The van der Waals surface area contributed by atoms with Crippen LogP contribution < -0.4 is 5.73 Å². The van der Waals surface area contributed by atoms with Gasteiger partial charge < -0.3 is 15.5 Å². The number of aryl methyl sites for hydroxylation is 1. The standard InChI is InChI=1S/C14H23N5O2/c1-10-14(15)11(2)19(16-10)9-13(21)18-6-4-5-17(7-8-18)12(3)20/h4-9,15H2,1-3H3. The Morgan fingerprint density at radius 2 is 1.76 bits per heavy atom. The molecule has 0 unspecified atom stereocenters. The van der Waals surface area contributed by atoms with E-state index in [0.29, 0.717) is 31.9 Å². The van der Waals surface area contributed by atoms with Gasteiger partial charge in [0.05, 0.1) is 17.1 Å². The molecule has 1 aliphatic rings. The minimum Gasteiger partial charge on any atom is -0.396 e. The Hall–Kier alpha value is -2.05. The molecule has 1 fully saturated rings. The summed E-state index contributed by atoms with van der Waals surface area (Å²) < 4.78 is 1.65. The smallest absolute Gasteiger partial charge is 0.244 e. The van der Waals surface area contributed by atoms with E-state index in [-0.39, 0.29) is 18.4 Å². The number of nitrogens with two attached hydrogens (primary N) is 1. The predicted octanol–water partition coefficient (Wildman–Crippen LogP) is 0.163. The van der Waals surface area contributed by atoms with E-state index in [1.54, 1.807) is 21.4 Å². The zero-order valence-electron chi connectivity index (χ0n) is 12.9. The summed E-state index contributed by atoms with van der Waals surface area (Å²) >= 11 is 0. The molecule has 2 amide bonds. The molecule has 7 heteroatoms. The number of amides is 2. The van der Waals surface area contributed by atoms with E-state index in [2.05, 4.69) is 5.10 Å². The van der Waals surface area contributed by atoms with Crippen LogP contribution in [0.3, 0.4) is 0 Å². The van der Waals surface area contributed by atoms with Gasteiger partial charge in [0.1, 0.15) is 6.54 Å². The normalized spacial score (nSPS) is 16.0. The Kier molecular flexibility index (Phi) is 4.50. The third kappa shape index (κ3) is 3.34. The molecule has 7 nitrogen and oxygen atoms in total. The minimum absolute atomic E-state index is 0.0194. The van der Waals surface area contributed by atoms with Gasteiger partial charge in [-0.3, -0.25) is 14.3 Å². The van der Waals surface area contributed by atoms with Crippen LogP contribution in [0.2, 0.25) is 0 Å². The molecule has 116 valence electrons. The highest BCUT2D eigenvalue weighted by atomic mass is 16.2. The fourth-order valence-corrected chi connectivity index (χ4v) is 2.57. The Balaban J connectivity index is 2.00. The second-order valence-corrected chi connectivity index (χ2v) is 5.48.